The molecule has 1 aliphatic rings. The van der Waals surface area contributed by atoms with Crippen LogP contribution in [0.4, 0.5) is 0 Å². The lowest BCUT2D eigenvalue weighted by Crippen LogP contribution is -2.36. The number of carbonyl (C=O) groups is 2. The van der Waals surface area contributed by atoms with Crippen molar-refractivity contribution in [2.24, 2.45) is 5.92 Å². The fourth-order valence-electron chi connectivity index (χ4n) is 2.24. The molecule has 0 aliphatic carbocycles. The first-order chi connectivity index (χ1) is 9.72. The van der Waals surface area contributed by atoms with Gasteiger partial charge in [0.05, 0.1) is 25.5 Å². The second kappa shape index (κ2) is 7.02. The Hall–Kier alpha value is -1.92. The largest absolute Gasteiger partial charge is 0.469 e. The van der Waals surface area contributed by atoms with E-state index in [4.69, 9.17) is 0 Å². The van der Waals surface area contributed by atoms with Crippen molar-refractivity contribution in [1.82, 2.24) is 16.2 Å². The molecule has 0 aromatic heterocycles. The lowest BCUT2D eigenvalue weighted by molar-refractivity contribution is -0.140. The Morgan fingerprint density at radius 1 is 1.35 bits per heavy atom. The van der Waals surface area contributed by atoms with Crippen molar-refractivity contribution in [3.63, 3.8) is 0 Å². The second-order valence-corrected chi connectivity index (χ2v) is 4.64. The summed E-state index contributed by atoms with van der Waals surface area (Å²) in [5.74, 6) is -0.595. The Labute approximate surface area is 117 Å². The van der Waals surface area contributed by atoms with E-state index in [0.29, 0.717) is 13.1 Å². The van der Waals surface area contributed by atoms with Crippen LogP contribution >= 0.6 is 0 Å². The smallest absolute Gasteiger partial charge is 0.307 e. The van der Waals surface area contributed by atoms with Crippen molar-refractivity contribution in [1.29, 1.82) is 0 Å². The molecule has 1 amide bonds. The minimum Gasteiger partial charge on any atom is -0.469 e. The van der Waals surface area contributed by atoms with Gasteiger partial charge in [0.1, 0.15) is 0 Å². The first-order valence-corrected chi connectivity index (χ1v) is 6.60. The maximum atomic E-state index is 12.2. The zero-order chi connectivity index (χ0) is 14.4. The van der Waals surface area contributed by atoms with Crippen LogP contribution in [0.25, 0.3) is 0 Å². The minimum atomic E-state index is -0.326. The second-order valence-electron chi connectivity index (χ2n) is 4.64. The minimum absolute atomic E-state index is 0.0608. The summed E-state index contributed by atoms with van der Waals surface area (Å²) in [5.41, 5.74) is 7.18. The highest BCUT2D eigenvalue weighted by Gasteiger charge is 2.33. The Morgan fingerprint density at radius 3 is 2.80 bits per heavy atom. The Morgan fingerprint density at radius 2 is 2.10 bits per heavy atom. The average molecular weight is 277 g/mol. The highest BCUT2D eigenvalue weighted by molar-refractivity contribution is 5.81. The van der Waals surface area contributed by atoms with Gasteiger partial charge in [-0.1, -0.05) is 30.3 Å². The molecule has 1 aliphatic heterocycles. The number of esters is 1. The third-order valence-corrected chi connectivity index (χ3v) is 3.33. The summed E-state index contributed by atoms with van der Waals surface area (Å²) in [7, 11) is 1.33. The first kappa shape index (κ1) is 14.5. The van der Waals surface area contributed by atoms with Gasteiger partial charge in [-0.05, 0) is 5.56 Å². The molecule has 1 saturated heterocycles. The van der Waals surface area contributed by atoms with Crippen molar-refractivity contribution < 1.29 is 14.3 Å². The van der Waals surface area contributed by atoms with Gasteiger partial charge in [0.15, 0.2) is 0 Å². The Bertz CT molecular complexity index is 464. The number of nitrogens with one attached hydrogen (secondary N) is 3. The molecule has 1 aromatic carbocycles. The van der Waals surface area contributed by atoms with E-state index >= 15 is 0 Å². The molecule has 0 saturated carbocycles. The summed E-state index contributed by atoms with van der Waals surface area (Å²) in [4.78, 5) is 23.2. The fraction of sp³-hybridized carbons (Fsp3) is 0.429. The molecule has 6 nitrogen and oxygen atoms in total. The molecule has 0 spiro atoms. The van der Waals surface area contributed by atoms with Crippen molar-refractivity contribution in [2.75, 3.05) is 20.2 Å². The van der Waals surface area contributed by atoms with E-state index in [0.717, 1.165) is 5.56 Å². The number of hydrazine groups is 1. The van der Waals surface area contributed by atoms with Gasteiger partial charge in [0, 0.05) is 13.1 Å². The summed E-state index contributed by atoms with van der Waals surface area (Å²) in [6.07, 6.45) is 0.186. The topological polar surface area (TPSA) is 79.5 Å². The molecule has 3 N–H and O–H groups in total. The molecule has 0 bridgehead atoms. The van der Waals surface area contributed by atoms with Gasteiger partial charge in [-0.2, -0.15) is 0 Å². The lowest BCUT2D eigenvalue weighted by atomic mass is 9.94. The Kier molecular flexibility index (Phi) is 5.09. The van der Waals surface area contributed by atoms with Crippen LogP contribution in [-0.2, 0) is 14.3 Å². The molecule has 0 radical (unpaired) electrons. The molecule has 2 unspecified atom stereocenters. The van der Waals surface area contributed by atoms with Crippen molar-refractivity contribution >= 4 is 11.9 Å². The highest BCUT2D eigenvalue weighted by Crippen LogP contribution is 2.24. The molecule has 108 valence electrons. The summed E-state index contributed by atoms with van der Waals surface area (Å²) in [6.45, 7) is 0.854. The van der Waals surface area contributed by atoms with Crippen LogP contribution in [0.2, 0.25) is 0 Å². The van der Waals surface area contributed by atoms with Gasteiger partial charge in [0.25, 0.3) is 0 Å². The van der Waals surface area contributed by atoms with Crippen LogP contribution in [-0.4, -0.2) is 32.1 Å². The first-order valence-electron chi connectivity index (χ1n) is 6.60. The number of amides is 1. The van der Waals surface area contributed by atoms with Gasteiger partial charge in [-0.3, -0.25) is 15.0 Å². The van der Waals surface area contributed by atoms with Gasteiger partial charge in [-0.25, -0.2) is 5.43 Å². The number of carbonyl (C=O) groups excluding carboxylic acids is 2. The van der Waals surface area contributed by atoms with E-state index in [1.54, 1.807) is 0 Å². The molecule has 1 heterocycles. The zero-order valence-corrected chi connectivity index (χ0v) is 11.4. The molecular weight excluding hydrogens is 258 g/mol. The van der Waals surface area contributed by atoms with E-state index < -0.39 is 0 Å². The molecule has 1 aromatic rings. The molecule has 2 rings (SSSR count). The van der Waals surface area contributed by atoms with Gasteiger partial charge < -0.3 is 10.1 Å². The predicted octanol–water partition coefficient (Wildman–Crippen LogP) is 0.131. The molecule has 2 atom stereocenters. The summed E-state index contributed by atoms with van der Waals surface area (Å²) < 4.78 is 4.53. The molecule has 6 heteroatoms. The van der Waals surface area contributed by atoms with Crippen LogP contribution < -0.4 is 16.2 Å². The lowest BCUT2D eigenvalue weighted by Gasteiger charge is -2.18. The van der Waals surface area contributed by atoms with E-state index in [2.05, 4.69) is 20.9 Å². The maximum absolute atomic E-state index is 12.2. The number of benzene rings is 1. The summed E-state index contributed by atoms with van der Waals surface area (Å²) in [6, 6.07) is 9.74. The average Bonchev–Trinajstić information content (AvgIpc) is 2.97. The van der Waals surface area contributed by atoms with Gasteiger partial charge in [-0.15, -0.1) is 0 Å². The fourth-order valence-corrected chi connectivity index (χ4v) is 2.24. The standard InChI is InChI=1S/C14H19N3O3/c1-20-12(18)7-8-15-14(19)11-9-16-17-13(11)10-5-3-2-4-6-10/h2-6,11,13,16-17H,7-9H2,1H3,(H,15,19). The number of rotatable bonds is 5. The SMILES string of the molecule is COC(=O)CCNC(=O)C1CNNC1c1ccccc1. The number of hydrogen-bond acceptors (Lipinski definition) is 5. The molecule has 20 heavy (non-hydrogen) atoms. The van der Waals surface area contributed by atoms with Crippen LogP contribution in [0.3, 0.4) is 0 Å². The number of methoxy groups -OCH3 is 1. The van der Waals surface area contributed by atoms with Crippen molar-refractivity contribution in [3.05, 3.63) is 35.9 Å². The van der Waals surface area contributed by atoms with E-state index in [1.165, 1.54) is 7.11 Å². The quantitative estimate of drug-likeness (QED) is 0.667. The van der Waals surface area contributed by atoms with E-state index in [-0.39, 0.29) is 30.3 Å². The third-order valence-electron chi connectivity index (χ3n) is 3.33. The van der Waals surface area contributed by atoms with Crippen molar-refractivity contribution in [3.8, 4) is 0 Å². The monoisotopic (exact) mass is 277 g/mol. The predicted molar refractivity (Wildman–Crippen MR) is 73.5 cm³/mol. The van der Waals surface area contributed by atoms with Crippen LogP contribution in [0.15, 0.2) is 30.3 Å². The normalized spacial score (nSPS) is 21.4. The van der Waals surface area contributed by atoms with Gasteiger partial charge in [0.2, 0.25) is 5.91 Å². The number of hydrogen-bond donors (Lipinski definition) is 3. The van der Waals surface area contributed by atoms with E-state index in [1.807, 2.05) is 30.3 Å². The van der Waals surface area contributed by atoms with Gasteiger partial charge >= 0.3 is 5.97 Å². The molecule has 1 fully saturated rings. The highest BCUT2D eigenvalue weighted by atomic mass is 16.5. The third kappa shape index (κ3) is 3.55. The van der Waals surface area contributed by atoms with E-state index in [9.17, 15) is 9.59 Å². The number of ether oxygens (including phenoxy) is 1. The maximum Gasteiger partial charge on any atom is 0.307 e. The van der Waals surface area contributed by atoms with Crippen LogP contribution in [0, 0.1) is 5.92 Å². The Balaban J connectivity index is 1.90. The summed E-state index contributed by atoms with van der Waals surface area (Å²) in [5, 5.41) is 2.77. The van der Waals surface area contributed by atoms with Crippen LogP contribution in [0.5, 0.6) is 0 Å². The molecular formula is C14H19N3O3. The van der Waals surface area contributed by atoms with Crippen molar-refractivity contribution in [2.45, 2.75) is 12.5 Å². The zero-order valence-electron chi connectivity index (χ0n) is 11.4. The summed E-state index contributed by atoms with van der Waals surface area (Å²) >= 11 is 0. The van der Waals surface area contributed by atoms with Crippen LogP contribution in [0.1, 0.15) is 18.0 Å².